The van der Waals surface area contributed by atoms with Crippen LogP contribution in [0.5, 0.6) is 0 Å². The largest absolute Gasteiger partial charge is 0.467 e. The van der Waals surface area contributed by atoms with E-state index in [9.17, 15) is 9.59 Å². The first-order valence-corrected chi connectivity index (χ1v) is 9.39. The molecule has 1 aliphatic heterocycles. The van der Waals surface area contributed by atoms with Crippen LogP contribution in [0.4, 0.5) is 0 Å². The Kier molecular flexibility index (Phi) is 8.06. The number of nitrogens with one attached hydrogen (secondary N) is 1. The molecule has 1 amide bonds. The maximum absolute atomic E-state index is 12.4. The van der Waals surface area contributed by atoms with Crippen LogP contribution < -0.4 is 5.32 Å². The summed E-state index contributed by atoms with van der Waals surface area (Å²) in [6, 6.07) is 9.86. The third-order valence-electron chi connectivity index (χ3n) is 5.07. The van der Waals surface area contributed by atoms with Gasteiger partial charge in [-0.25, -0.2) is 4.79 Å². The van der Waals surface area contributed by atoms with Gasteiger partial charge in [0.25, 0.3) is 0 Å². The van der Waals surface area contributed by atoms with Gasteiger partial charge < -0.3 is 10.1 Å². The average molecular weight is 361 g/mol. The summed E-state index contributed by atoms with van der Waals surface area (Å²) in [5.74, 6) is -0.438. The van der Waals surface area contributed by atoms with Crippen LogP contribution >= 0.6 is 0 Å². The van der Waals surface area contributed by atoms with Crippen molar-refractivity contribution in [3.05, 3.63) is 35.9 Å². The second kappa shape index (κ2) is 10.3. The summed E-state index contributed by atoms with van der Waals surface area (Å²) in [6.07, 6.45) is 0.804. The van der Waals surface area contributed by atoms with E-state index in [4.69, 9.17) is 4.74 Å². The van der Waals surface area contributed by atoms with Crippen molar-refractivity contribution in [1.29, 1.82) is 0 Å². The maximum Gasteiger partial charge on any atom is 0.328 e. The minimum atomic E-state index is -0.572. The van der Waals surface area contributed by atoms with E-state index in [1.807, 2.05) is 19.9 Å². The minimum Gasteiger partial charge on any atom is -0.467 e. The van der Waals surface area contributed by atoms with Gasteiger partial charge in [-0.1, -0.05) is 50.6 Å². The van der Waals surface area contributed by atoms with Crippen LogP contribution in [0.3, 0.4) is 0 Å². The molecule has 1 N–H and O–H groups in total. The number of hydrogen-bond acceptors (Lipinski definition) is 5. The van der Waals surface area contributed by atoms with Crippen LogP contribution in [0.25, 0.3) is 0 Å². The van der Waals surface area contributed by atoms with Crippen LogP contribution in [-0.4, -0.2) is 67.6 Å². The normalized spacial score (nSPS) is 18.1. The Morgan fingerprint density at radius 3 is 2.31 bits per heavy atom. The Morgan fingerprint density at radius 1 is 1.12 bits per heavy atom. The zero-order valence-corrected chi connectivity index (χ0v) is 16.1. The molecular formula is C20H31N3O3. The van der Waals surface area contributed by atoms with E-state index >= 15 is 0 Å². The summed E-state index contributed by atoms with van der Waals surface area (Å²) < 4.78 is 4.82. The van der Waals surface area contributed by atoms with E-state index in [2.05, 4.69) is 39.4 Å². The molecule has 6 heteroatoms. The Morgan fingerprint density at radius 2 is 1.73 bits per heavy atom. The number of carbonyl (C=O) groups is 2. The lowest BCUT2D eigenvalue weighted by Crippen LogP contribution is -2.52. The highest BCUT2D eigenvalue weighted by molar-refractivity contribution is 5.85. The molecule has 0 aliphatic carbocycles. The molecule has 0 saturated carbocycles. The molecule has 1 fully saturated rings. The van der Waals surface area contributed by atoms with Crippen molar-refractivity contribution in [2.24, 2.45) is 5.92 Å². The van der Waals surface area contributed by atoms with Crippen LogP contribution in [0.2, 0.25) is 0 Å². The number of amides is 1. The van der Waals surface area contributed by atoms with E-state index in [1.54, 1.807) is 0 Å². The van der Waals surface area contributed by atoms with Crippen molar-refractivity contribution in [1.82, 2.24) is 15.1 Å². The number of esters is 1. The van der Waals surface area contributed by atoms with Gasteiger partial charge >= 0.3 is 5.97 Å². The fourth-order valence-corrected chi connectivity index (χ4v) is 3.17. The molecule has 2 atom stereocenters. The van der Waals surface area contributed by atoms with Gasteiger partial charge in [-0.15, -0.1) is 0 Å². The smallest absolute Gasteiger partial charge is 0.328 e. The van der Waals surface area contributed by atoms with Crippen molar-refractivity contribution in [2.45, 2.75) is 32.9 Å². The molecule has 0 radical (unpaired) electrons. The number of piperazine rings is 1. The van der Waals surface area contributed by atoms with Crippen LogP contribution in [0, 0.1) is 5.92 Å². The molecule has 1 heterocycles. The maximum atomic E-state index is 12.4. The highest BCUT2D eigenvalue weighted by atomic mass is 16.5. The van der Waals surface area contributed by atoms with Crippen molar-refractivity contribution in [3.8, 4) is 0 Å². The fourth-order valence-electron chi connectivity index (χ4n) is 3.17. The van der Waals surface area contributed by atoms with E-state index < -0.39 is 6.04 Å². The van der Waals surface area contributed by atoms with Crippen molar-refractivity contribution >= 4 is 11.9 Å². The monoisotopic (exact) mass is 361 g/mol. The number of nitrogens with zero attached hydrogens (tertiary/aromatic N) is 2. The molecule has 1 saturated heterocycles. The van der Waals surface area contributed by atoms with Gasteiger partial charge in [0.1, 0.15) is 6.04 Å². The molecule has 26 heavy (non-hydrogen) atoms. The first-order valence-electron chi connectivity index (χ1n) is 9.39. The number of hydrogen-bond donors (Lipinski definition) is 1. The van der Waals surface area contributed by atoms with Gasteiger partial charge in [-0.2, -0.15) is 0 Å². The number of ether oxygens (including phenoxy) is 1. The molecule has 0 aromatic heterocycles. The topological polar surface area (TPSA) is 61.9 Å². The molecule has 2 rings (SSSR count). The lowest BCUT2D eigenvalue weighted by molar-refractivity contribution is -0.146. The Hall–Kier alpha value is -1.92. The summed E-state index contributed by atoms with van der Waals surface area (Å²) in [6.45, 7) is 8.80. The van der Waals surface area contributed by atoms with Gasteiger partial charge in [-0.05, 0) is 11.5 Å². The van der Waals surface area contributed by atoms with Gasteiger partial charge in [0.05, 0.1) is 13.7 Å². The van der Waals surface area contributed by atoms with Gasteiger partial charge in [-0.3, -0.25) is 14.6 Å². The molecule has 0 bridgehead atoms. The first-order chi connectivity index (χ1) is 12.5. The van der Waals surface area contributed by atoms with E-state index in [1.165, 1.54) is 12.7 Å². The highest BCUT2D eigenvalue weighted by Gasteiger charge is 2.27. The molecule has 0 spiro atoms. The second-order valence-corrected chi connectivity index (χ2v) is 6.99. The molecule has 1 aromatic carbocycles. The molecule has 1 aliphatic rings. The predicted molar refractivity (Wildman–Crippen MR) is 102 cm³/mol. The molecular weight excluding hydrogens is 330 g/mol. The summed E-state index contributed by atoms with van der Waals surface area (Å²) in [5.41, 5.74) is 1.31. The highest BCUT2D eigenvalue weighted by Crippen LogP contribution is 2.10. The zero-order chi connectivity index (χ0) is 18.9. The lowest BCUT2D eigenvalue weighted by Gasteiger charge is -2.34. The average Bonchev–Trinajstić information content (AvgIpc) is 2.67. The van der Waals surface area contributed by atoms with Gasteiger partial charge in [0, 0.05) is 32.7 Å². The SMILES string of the molecule is CC[C@@H](C)[C@H](NC(=O)CN1CCN(Cc2ccccc2)CC1)C(=O)OC. The van der Waals surface area contributed by atoms with Gasteiger partial charge in [0.15, 0.2) is 0 Å². The lowest BCUT2D eigenvalue weighted by atomic mass is 9.99. The molecule has 0 unspecified atom stereocenters. The van der Waals surface area contributed by atoms with Crippen molar-refractivity contribution in [2.75, 3.05) is 39.8 Å². The summed E-state index contributed by atoms with van der Waals surface area (Å²) >= 11 is 0. The third-order valence-corrected chi connectivity index (χ3v) is 5.07. The molecule has 1 aromatic rings. The Balaban J connectivity index is 1.77. The van der Waals surface area contributed by atoms with E-state index in [-0.39, 0.29) is 17.8 Å². The van der Waals surface area contributed by atoms with E-state index in [0.29, 0.717) is 6.54 Å². The van der Waals surface area contributed by atoms with Crippen molar-refractivity contribution < 1.29 is 14.3 Å². The number of rotatable bonds is 8. The quantitative estimate of drug-likeness (QED) is 0.711. The van der Waals surface area contributed by atoms with Gasteiger partial charge in [0.2, 0.25) is 5.91 Å². The minimum absolute atomic E-state index is 0.0501. The number of benzene rings is 1. The second-order valence-electron chi connectivity index (χ2n) is 6.99. The number of carbonyl (C=O) groups excluding carboxylic acids is 2. The van der Waals surface area contributed by atoms with Crippen LogP contribution in [0.1, 0.15) is 25.8 Å². The summed E-state index contributed by atoms with van der Waals surface area (Å²) in [5, 5.41) is 2.85. The standard InChI is InChI=1S/C20H31N3O3/c1-4-16(2)19(20(25)26-3)21-18(24)15-23-12-10-22(11-13-23)14-17-8-6-5-7-9-17/h5-9,16,19H,4,10-15H2,1-3H3,(H,21,24)/t16-,19+/m1/s1. The van der Waals surface area contributed by atoms with E-state index in [0.717, 1.165) is 39.1 Å². The first kappa shape index (κ1) is 20.4. The fraction of sp³-hybridized carbons (Fsp3) is 0.600. The number of methoxy groups -OCH3 is 1. The summed E-state index contributed by atoms with van der Waals surface area (Å²) in [7, 11) is 1.36. The third kappa shape index (κ3) is 6.11. The van der Waals surface area contributed by atoms with Crippen molar-refractivity contribution in [3.63, 3.8) is 0 Å². The molecule has 144 valence electrons. The van der Waals surface area contributed by atoms with Crippen LogP contribution in [0.15, 0.2) is 30.3 Å². The molecule has 6 nitrogen and oxygen atoms in total. The summed E-state index contributed by atoms with van der Waals surface area (Å²) in [4.78, 5) is 28.8. The Labute approximate surface area is 156 Å². The van der Waals surface area contributed by atoms with Crippen LogP contribution in [-0.2, 0) is 20.9 Å². The zero-order valence-electron chi connectivity index (χ0n) is 16.1. The Bertz CT molecular complexity index is 571. The predicted octanol–water partition coefficient (Wildman–Crippen LogP) is 1.51.